The van der Waals surface area contributed by atoms with E-state index in [-0.39, 0.29) is 0 Å². The van der Waals surface area contributed by atoms with Gasteiger partial charge in [0.25, 0.3) is 0 Å². The third kappa shape index (κ3) is 3.21. The molecular formula is C17H20N4O2. The highest BCUT2D eigenvalue weighted by atomic mass is 16.5. The maximum atomic E-state index is 5.82. The van der Waals surface area contributed by atoms with E-state index in [1.807, 2.05) is 50.5 Å². The van der Waals surface area contributed by atoms with Crippen LogP contribution in [0, 0.1) is 6.92 Å². The summed E-state index contributed by atoms with van der Waals surface area (Å²) in [6.07, 6.45) is 1.88. The summed E-state index contributed by atoms with van der Waals surface area (Å²) in [5.41, 5.74) is 1.86. The number of hydrogen-bond donors (Lipinski definition) is 1. The number of rotatable bonds is 6. The molecule has 0 fully saturated rings. The molecule has 0 bridgehead atoms. The van der Waals surface area contributed by atoms with Crippen LogP contribution in [0.5, 0.6) is 11.5 Å². The van der Waals surface area contributed by atoms with Gasteiger partial charge >= 0.3 is 0 Å². The average molecular weight is 312 g/mol. The fourth-order valence-electron chi connectivity index (χ4n) is 2.45. The van der Waals surface area contributed by atoms with Crippen molar-refractivity contribution >= 4 is 16.9 Å². The third-order valence-electron chi connectivity index (χ3n) is 3.61. The molecule has 0 radical (unpaired) electrons. The predicted molar refractivity (Wildman–Crippen MR) is 90.4 cm³/mol. The number of nitrogens with zero attached hydrogens (tertiary/aromatic N) is 3. The van der Waals surface area contributed by atoms with E-state index in [0.717, 1.165) is 34.2 Å². The minimum Gasteiger partial charge on any atom is -0.493 e. The Hall–Kier alpha value is -2.76. The van der Waals surface area contributed by atoms with Gasteiger partial charge in [0.2, 0.25) is 0 Å². The van der Waals surface area contributed by atoms with Crippen LogP contribution in [0.1, 0.15) is 5.82 Å². The first-order valence-electron chi connectivity index (χ1n) is 7.47. The molecule has 0 unspecified atom stereocenters. The molecule has 6 nitrogen and oxygen atoms in total. The smallest absolute Gasteiger partial charge is 0.161 e. The molecule has 0 amide bonds. The van der Waals surface area contributed by atoms with E-state index in [9.17, 15) is 0 Å². The first kappa shape index (κ1) is 15.1. The number of fused-ring (bicyclic) bond motifs is 1. The van der Waals surface area contributed by atoms with Crippen molar-refractivity contribution in [3.8, 4) is 11.5 Å². The van der Waals surface area contributed by atoms with Crippen LogP contribution < -0.4 is 14.4 Å². The number of benzene rings is 1. The number of aryl methyl sites for hydroxylation is 1. The van der Waals surface area contributed by atoms with Crippen LogP contribution in [-0.4, -0.2) is 42.3 Å². The van der Waals surface area contributed by atoms with Crippen LogP contribution in [0.15, 0.2) is 36.5 Å². The zero-order valence-corrected chi connectivity index (χ0v) is 13.5. The van der Waals surface area contributed by atoms with Crippen LogP contribution >= 0.6 is 0 Å². The molecule has 1 N–H and O–H groups in total. The predicted octanol–water partition coefficient (Wildman–Crippen LogP) is 2.79. The summed E-state index contributed by atoms with van der Waals surface area (Å²) in [6, 6.07) is 9.58. The monoisotopic (exact) mass is 312 g/mol. The van der Waals surface area contributed by atoms with Gasteiger partial charge in [0.05, 0.1) is 19.2 Å². The molecule has 23 heavy (non-hydrogen) atoms. The minimum absolute atomic E-state index is 0.530. The van der Waals surface area contributed by atoms with Crippen LogP contribution in [-0.2, 0) is 0 Å². The van der Waals surface area contributed by atoms with Crippen molar-refractivity contribution in [2.24, 2.45) is 0 Å². The summed E-state index contributed by atoms with van der Waals surface area (Å²) in [4.78, 5) is 14.2. The number of likely N-dealkylation sites (N-methyl/N-ethyl adjacent to an activating group) is 1. The first-order chi connectivity index (χ1) is 11.2. The Morgan fingerprint density at radius 3 is 2.70 bits per heavy atom. The van der Waals surface area contributed by atoms with E-state index in [0.29, 0.717) is 13.2 Å². The van der Waals surface area contributed by atoms with Crippen molar-refractivity contribution in [1.82, 2.24) is 15.0 Å². The molecule has 0 atom stereocenters. The number of aromatic amines is 1. The van der Waals surface area contributed by atoms with Crippen molar-refractivity contribution in [2.45, 2.75) is 6.92 Å². The molecule has 2 heterocycles. The summed E-state index contributed by atoms with van der Waals surface area (Å²) in [7, 11) is 3.63. The SMILES string of the molecule is COc1ccccc1OCCN(C)c1nc(C)nc2cc[nH]c12. The summed E-state index contributed by atoms with van der Waals surface area (Å²) < 4.78 is 11.1. The summed E-state index contributed by atoms with van der Waals surface area (Å²) in [5.74, 6) is 3.11. The standard InChI is InChI=1S/C17H20N4O2/c1-12-19-13-8-9-18-16(13)17(20-12)21(2)10-11-23-15-7-5-4-6-14(15)22-3/h4-9,18H,10-11H2,1-3H3. The number of para-hydroxylation sites is 2. The normalized spacial score (nSPS) is 10.7. The van der Waals surface area contributed by atoms with Crippen molar-refractivity contribution in [3.63, 3.8) is 0 Å². The van der Waals surface area contributed by atoms with Crippen LogP contribution in [0.2, 0.25) is 0 Å². The topological polar surface area (TPSA) is 63.3 Å². The van der Waals surface area contributed by atoms with E-state index in [1.165, 1.54) is 0 Å². The number of hydrogen-bond acceptors (Lipinski definition) is 5. The number of ether oxygens (including phenoxy) is 2. The molecule has 0 aliphatic rings. The Morgan fingerprint density at radius 1 is 1.13 bits per heavy atom. The van der Waals surface area contributed by atoms with Gasteiger partial charge in [-0.2, -0.15) is 0 Å². The van der Waals surface area contributed by atoms with E-state index >= 15 is 0 Å². The number of methoxy groups -OCH3 is 1. The molecule has 0 aliphatic heterocycles. The van der Waals surface area contributed by atoms with Gasteiger partial charge in [0.1, 0.15) is 17.9 Å². The van der Waals surface area contributed by atoms with E-state index in [1.54, 1.807) is 7.11 Å². The Labute approximate surface area is 135 Å². The largest absolute Gasteiger partial charge is 0.493 e. The Bertz CT molecular complexity index is 800. The minimum atomic E-state index is 0.530. The van der Waals surface area contributed by atoms with Crippen LogP contribution in [0.25, 0.3) is 11.0 Å². The molecule has 0 saturated carbocycles. The fraction of sp³-hybridized carbons (Fsp3) is 0.294. The summed E-state index contributed by atoms with van der Waals surface area (Å²) >= 11 is 0. The quantitative estimate of drug-likeness (QED) is 0.758. The van der Waals surface area contributed by atoms with Gasteiger partial charge in [0, 0.05) is 13.2 Å². The fourth-order valence-corrected chi connectivity index (χ4v) is 2.45. The maximum absolute atomic E-state index is 5.82. The van der Waals surface area contributed by atoms with E-state index in [4.69, 9.17) is 9.47 Å². The second kappa shape index (κ2) is 6.56. The average Bonchev–Trinajstić information content (AvgIpc) is 3.02. The Balaban J connectivity index is 1.69. The maximum Gasteiger partial charge on any atom is 0.161 e. The molecule has 6 heteroatoms. The number of aromatic nitrogens is 3. The van der Waals surface area contributed by atoms with Crippen LogP contribution in [0.4, 0.5) is 5.82 Å². The molecule has 3 aromatic rings. The number of nitrogens with one attached hydrogen (secondary N) is 1. The first-order valence-corrected chi connectivity index (χ1v) is 7.47. The van der Waals surface area contributed by atoms with Gasteiger partial charge in [-0.25, -0.2) is 9.97 Å². The lowest BCUT2D eigenvalue weighted by molar-refractivity contribution is 0.301. The van der Waals surface area contributed by atoms with Crippen molar-refractivity contribution < 1.29 is 9.47 Å². The molecule has 0 spiro atoms. The third-order valence-corrected chi connectivity index (χ3v) is 3.61. The molecule has 1 aromatic carbocycles. The molecule has 0 saturated heterocycles. The van der Waals surface area contributed by atoms with Gasteiger partial charge < -0.3 is 19.4 Å². The summed E-state index contributed by atoms with van der Waals surface area (Å²) in [6.45, 7) is 3.12. The molecule has 2 aromatic heterocycles. The number of H-pyrrole nitrogens is 1. The highest BCUT2D eigenvalue weighted by molar-refractivity contribution is 5.86. The lowest BCUT2D eigenvalue weighted by atomic mass is 10.3. The molecular weight excluding hydrogens is 292 g/mol. The second-order valence-corrected chi connectivity index (χ2v) is 5.25. The van der Waals surface area contributed by atoms with Gasteiger partial charge in [-0.1, -0.05) is 12.1 Å². The van der Waals surface area contributed by atoms with Gasteiger partial charge in [-0.15, -0.1) is 0 Å². The summed E-state index contributed by atoms with van der Waals surface area (Å²) in [5, 5.41) is 0. The zero-order valence-electron chi connectivity index (χ0n) is 13.5. The molecule has 120 valence electrons. The van der Waals surface area contributed by atoms with Crippen molar-refractivity contribution in [2.75, 3.05) is 32.2 Å². The second-order valence-electron chi connectivity index (χ2n) is 5.25. The highest BCUT2D eigenvalue weighted by Crippen LogP contribution is 2.26. The number of anilines is 1. The van der Waals surface area contributed by atoms with Gasteiger partial charge in [-0.05, 0) is 25.1 Å². The Kier molecular flexibility index (Phi) is 4.32. The van der Waals surface area contributed by atoms with Crippen LogP contribution in [0.3, 0.4) is 0 Å². The van der Waals surface area contributed by atoms with Crippen molar-refractivity contribution in [1.29, 1.82) is 0 Å². The van der Waals surface area contributed by atoms with E-state index in [2.05, 4.69) is 19.9 Å². The van der Waals surface area contributed by atoms with Gasteiger partial charge in [0.15, 0.2) is 17.3 Å². The Morgan fingerprint density at radius 2 is 1.91 bits per heavy atom. The lowest BCUT2D eigenvalue weighted by Gasteiger charge is -2.19. The molecule has 0 aliphatic carbocycles. The highest BCUT2D eigenvalue weighted by Gasteiger charge is 2.11. The molecule has 3 rings (SSSR count). The van der Waals surface area contributed by atoms with E-state index < -0.39 is 0 Å². The zero-order chi connectivity index (χ0) is 16.2. The van der Waals surface area contributed by atoms with Crippen molar-refractivity contribution in [3.05, 3.63) is 42.4 Å². The van der Waals surface area contributed by atoms with Gasteiger partial charge in [-0.3, -0.25) is 0 Å². The lowest BCUT2D eigenvalue weighted by Crippen LogP contribution is -2.25.